The number of nitrogens with zero attached hydrogens (tertiary/aromatic N) is 1. The molecule has 1 aliphatic heterocycles. The second-order valence-corrected chi connectivity index (χ2v) is 6.97. The molecule has 1 aromatic rings. The summed E-state index contributed by atoms with van der Waals surface area (Å²) in [6.07, 6.45) is 1.58. The number of aliphatic hydroxyl groups is 1. The van der Waals surface area contributed by atoms with Crippen LogP contribution in [0.25, 0.3) is 0 Å². The lowest BCUT2D eigenvalue weighted by atomic mass is 9.92. The molecule has 0 aliphatic carbocycles. The van der Waals surface area contributed by atoms with Gasteiger partial charge in [0.25, 0.3) is 0 Å². The number of amides is 2. The van der Waals surface area contributed by atoms with Crippen molar-refractivity contribution in [1.29, 1.82) is 0 Å². The van der Waals surface area contributed by atoms with Crippen LogP contribution in [0.5, 0.6) is 5.75 Å². The van der Waals surface area contributed by atoms with E-state index in [0.29, 0.717) is 19.0 Å². The van der Waals surface area contributed by atoms with Crippen LogP contribution >= 0.6 is 0 Å². The Kier molecular flexibility index (Phi) is 6.49. The zero-order valence-electron chi connectivity index (χ0n) is 15.2. The molecule has 1 aromatic carbocycles. The SMILES string of the molecule is CC(C)Oc1ccc(C(C)NC(=O)N2CCC(C(C)O)CC2)cc1. The van der Waals surface area contributed by atoms with Gasteiger partial charge in [-0.3, -0.25) is 0 Å². The summed E-state index contributed by atoms with van der Waals surface area (Å²) in [6, 6.07) is 7.76. The third-order valence-corrected chi connectivity index (χ3v) is 4.60. The minimum atomic E-state index is -0.291. The molecule has 2 rings (SSSR count). The van der Waals surface area contributed by atoms with Crippen molar-refractivity contribution in [2.45, 2.75) is 58.8 Å². The molecule has 1 aliphatic rings. The Morgan fingerprint density at radius 1 is 1.17 bits per heavy atom. The van der Waals surface area contributed by atoms with E-state index < -0.39 is 0 Å². The van der Waals surface area contributed by atoms with Gasteiger partial charge in [-0.2, -0.15) is 0 Å². The van der Waals surface area contributed by atoms with E-state index in [2.05, 4.69) is 5.32 Å². The van der Waals surface area contributed by atoms with Crippen molar-refractivity contribution in [2.24, 2.45) is 5.92 Å². The van der Waals surface area contributed by atoms with Gasteiger partial charge in [0.05, 0.1) is 18.2 Å². The predicted molar refractivity (Wildman–Crippen MR) is 95.1 cm³/mol. The van der Waals surface area contributed by atoms with Crippen molar-refractivity contribution < 1.29 is 14.6 Å². The normalized spacial score (nSPS) is 18.3. The van der Waals surface area contributed by atoms with E-state index in [1.54, 1.807) is 0 Å². The average molecular weight is 334 g/mol. The van der Waals surface area contributed by atoms with Crippen LogP contribution in [0.15, 0.2) is 24.3 Å². The first kappa shape index (κ1) is 18.6. The van der Waals surface area contributed by atoms with E-state index in [0.717, 1.165) is 24.2 Å². The first-order chi connectivity index (χ1) is 11.4. The summed E-state index contributed by atoms with van der Waals surface area (Å²) < 4.78 is 5.64. The van der Waals surface area contributed by atoms with Crippen molar-refractivity contribution in [3.63, 3.8) is 0 Å². The number of ether oxygens (including phenoxy) is 1. The van der Waals surface area contributed by atoms with Crippen LogP contribution in [0.4, 0.5) is 4.79 Å². The molecule has 2 unspecified atom stereocenters. The lowest BCUT2D eigenvalue weighted by Crippen LogP contribution is -2.46. The molecule has 5 nitrogen and oxygen atoms in total. The van der Waals surface area contributed by atoms with Gasteiger partial charge < -0.3 is 20.1 Å². The zero-order chi connectivity index (χ0) is 17.7. The van der Waals surface area contributed by atoms with Gasteiger partial charge in [-0.15, -0.1) is 0 Å². The van der Waals surface area contributed by atoms with Crippen LogP contribution in [0.2, 0.25) is 0 Å². The molecule has 0 bridgehead atoms. The van der Waals surface area contributed by atoms with E-state index in [4.69, 9.17) is 4.74 Å². The number of hydrogen-bond donors (Lipinski definition) is 2. The molecule has 24 heavy (non-hydrogen) atoms. The number of benzene rings is 1. The highest BCUT2D eigenvalue weighted by molar-refractivity contribution is 5.74. The van der Waals surface area contributed by atoms with Gasteiger partial charge >= 0.3 is 6.03 Å². The Balaban J connectivity index is 1.85. The number of hydrogen-bond acceptors (Lipinski definition) is 3. The summed E-state index contributed by atoms with van der Waals surface area (Å²) in [5.74, 6) is 1.15. The maximum Gasteiger partial charge on any atom is 0.317 e. The van der Waals surface area contributed by atoms with E-state index in [1.807, 2.05) is 56.9 Å². The van der Waals surface area contributed by atoms with Gasteiger partial charge in [-0.25, -0.2) is 4.79 Å². The molecule has 0 spiro atoms. The first-order valence-electron chi connectivity index (χ1n) is 8.87. The molecule has 2 N–H and O–H groups in total. The van der Waals surface area contributed by atoms with Crippen molar-refractivity contribution in [2.75, 3.05) is 13.1 Å². The second kappa shape index (κ2) is 8.38. The third kappa shape index (κ3) is 5.13. The summed E-state index contributed by atoms with van der Waals surface area (Å²) in [5, 5.41) is 12.7. The largest absolute Gasteiger partial charge is 0.491 e. The minimum absolute atomic E-state index is 0.0333. The van der Waals surface area contributed by atoms with E-state index >= 15 is 0 Å². The van der Waals surface area contributed by atoms with Crippen LogP contribution in [0, 0.1) is 5.92 Å². The fourth-order valence-corrected chi connectivity index (χ4v) is 3.05. The summed E-state index contributed by atoms with van der Waals surface area (Å²) in [6.45, 7) is 9.22. The fourth-order valence-electron chi connectivity index (χ4n) is 3.05. The van der Waals surface area contributed by atoms with Crippen molar-refractivity contribution in [1.82, 2.24) is 10.2 Å². The molecule has 5 heteroatoms. The smallest absolute Gasteiger partial charge is 0.317 e. The van der Waals surface area contributed by atoms with E-state index in [9.17, 15) is 9.90 Å². The van der Waals surface area contributed by atoms with E-state index in [-0.39, 0.29) is 24.3 Å². The molecule has 134 valence electrons. The molecule has 2 atom stereocenters. The Morgan fingerprint density at radius 2 is 1.75 bits per heavy atom. The highest BCUT2D eigenvalue weighted by Gasteiger charge is 2.26. The average Bonchev–Trinajstić information content (AvgIpc) is 2.55. The molecular formula is C19H30N2O3. The number of carbonyl (C=O) groups is 1. The molecule has 1 fully saturated rings. The Hall–Kier alpha value is -1.75. The summed E-state index contributed by atoms with van der Waals surface area (Å²) in [5.41, 5.74) is 1.05. The highest BCUT2D eigenvalue weighted by atomic mass is 16.5. The van der Waals surface area contributed by atoms with Crippen LogP contribution in [0.3, 0.4) is 0 Å². The lowest BCUT2D eigenvalue weighted by Gasteiger charge is -2.34. The van der Waals surface area contributed by atoms with Crippen LogP contribution in [0.1, 0.15) is 52.1 Å². The van der Waals surface area contributed by atoms with Crippen molar-refractivity contribution in [3.8, 4) is 5.75 Å². The quantitative estimate of drug-likeness (QED) is 0.868. The van der Waals surface area contributed by atoms with Crippen LogP contribution < -0.4 is 10.1 Å². The maximum atomic E-state index is 12.4. The number of carbonyl (C=O) groups excluding carboxylic acids is 1. The lowest BCUT2D eigenvalue weighted by molar-refractivity contribution is 0.0794. The molecule has 1 heterocycles. The summed E-state index contributed by atoms with van der Waals surface area (Å²) in [4.78, 5) is 14.2. The molecule has 1 saturated heterocycles. The van der Waals surface area contributed by atoms with Crippen LogP contribution in [-0.4, -0.2) is 41.3 Å². The van der Waals surface area contributed by atoms with Gasteiger partial charge in [0.2, 0.25) is 0 Å². The number of rotatable bonds is 5. The second-order valence-electron chi connectivity index (χ2n) is 6.97. The van der Waals surface area contributed by atoms with Gasteiger partial charge in [0, 0.05) is 13.1 Å². The summed E-state index contributed by atoms with van der Waals surface area (Å²) >= 11 is 0. The molecule has 0 aromatic heterocycles. The van der Waals surface area contributed by atoms with Crippen LogP contribution in [-0.2, 0) is 0 Å². The fraction of sp³-hybridized carbons (Fsp3) is 0.632. The van der Waals surface area contributed by atoms with Gasteiger partial charge in [-0.05, 0) is 64.2 Å². The zero-order valence-corrected chi connectivity index (χ0v) is 15.2. The Morgan fingerprint density at radius 3 is 2.25 bits per heavy atom. The molecular weight excluding hydrogens is 304 g/mol. The van der Waals surface area contributed by atoms with Gasteiger partial charge in [0.1, 0.15) is 5.75 Å². The number of piperidine rings is 1. The van der Waals surface area contributed by atoms with Crippen molar-refractivity contribution >= 4 is 6.03 Å². The van der Waals surface area contributed by atoms with E-state index in [1.165, 1.54) is 0 Å². The standard InChI is InChI=1S/C19H30N2O3/c1-13(2)24-18-7-5-16(6-8-18)14(3)20-19(23)21-11-9-17(10-12-21)15(4)22/h5-8,13-15,17,22H,9-12H2,1-4H3,(H,20,23). The monoisotopic (exact) mass is 334 g/mol. The van der Waals surface area contributed by atoms with Gasteiger partial charge in [-0.1, -0.05) is 12.1 Å². The number of nitrogens with one attached hydrogen (secondary N) is 1. The minimum Gasteiger partial charge on any atom is -0.491 e. The molecule has 0 radical (unpaired) electrons. The van der Waals surface area contributed by atoms with Crippen molar-refractivity contribution in [3.05, 3.63) is 29.8 Å². The first-order valence-corrected chi connectivity index (χ1v) is 8.87. The van der Waals surface area contributed by atoms with Gasteiger partial charge in [0.15, 0.2) is 0 Å². The molecule has 0 saturated carbocycles. The third-order valence-electron chi connectivity index (χ3n) is 4.60. The number of urea groups is 1. The number of aliphatic hydroxyl groups excluding tert-OH is 1. The topological polar surface area (TPSA) is 61.8 Å². The maximum absolute atomic E-state index is 12.4. The Bertz CT molecular complexity index is 520. The Labute approximate surface area is 145 Å². The summed E-state index contributed by atoms with van der Waals surface area (Å²) in [7, 11) is 0. The molecule has 2 amide bonds. The predicted octanol–water partition coefficient (Wildman–Crippen LogP) is 3.34. The number of likely N-dealkylation sites (tertiary alicyclic amines) is 1. The highest BCUT2D eigenvalue weighted by Crippen LogP contribution is 2.22.